The van der Waals surface area contributed by atoms with Gasteiger partial charge < -0.3 is 24.8 Å². The summed E-state index contributed by atoms with van der Waals surface area (Å²) in [6, 6.07) is 15.5. The van der Waals surface area contributed by atoms with Crippen LogP contribution in [0.5, 0.6) is 17.2 Å². The van der Waals surface area contributed by atoms with E-state index in [-0.39, 0.29) is 5.75 Å². The summed E-state index contributed by atoms with van der Waals surface area (Å²) in [6.45, 7) is 5.31. The van der Waals surface area contributed by atoms with Crippen LogP contribution in [0.3, 0.4) is 0 Å². The van der Waals surface area contributed by atoms with Crippen molar-refractivity contribution in [3.05, 3.63) is 76.7 Å². The quantitative estimate of drug-likeness (QED) is 0.290. The lowest BCUT2D eigenvalue weighted by molar-refractivity contribution is 0.174. The second-order valence-corrected chi connectivity index (χ2v) is 10.7. The normalized spacial score (nSPS) is 15.2. The third-order valence-corrected chi connectivity index (χ3v) is 7.98. The van der Waals surface area contributed by atoms with Crippen molar-refractivity contribution < 1.29 is 14.6 Å². The Morgan fingerprint density at radius 3 is 2.58 bits per heavy atom. The van der Waals surface area contributed by atoms with Crippen molar-refractivity contribution in [2.45, 2.75) is 13.0 Å². The summed E-state index contributed by atoms with van der Waals surface area (Å²) in [5.74, 6) is 3.35. The third kappa shape index (κ3) is 5.01. The largest absolute Gasteiger partial charge is 0.508 e. The van der Waals surface area contributed by atoms with Crippen molar-refractivity contribution in [3.8, 4) is 22.9 Å². The maximum Gasteiger partial charge on any atom is 0.231 e. The van der Waals surface area contributed by atoms with Gasteiger partial charge in [0, 0.05) is 44.6 Å². The number of benzene rings is 2. The number of rotatable bonds is 8. The average Bonchev–Trinajstić information content (AvgIpc) is 3.75. The topological polar surface area (TPSA) is 101 Å². The van der Waals surface area contributed by atoms with Crippen LogP contribution in [0.1, 0.15) is 11.1 Å². The fourth-order valence-electron chi connectivity index (χ4n) is 5.13. The highest BCUT2D eigenvalue weighted by Crippen LogP contribution is 2.33. The summed E-state index contributed by atoms with van der Waals surface area (Å²) in [6.07, 6.45) is 2.62. The van der Waals surface area contributed by atoms with Crippen LogP contribution in [0.4, 0.5) is 11.8 Å². The van der Waals surface area contributed by atoms with Crippen LogP contribution < -0.4 is 19.7 Å². The number of ether oxygens (including phenoxy) is 2. The number of aromatic hydroxyl groups is 1. The molecule has 0 aliphatic carbocycles. The van der Waals surface area contributed by atoms with Crippen LogP contribution >= 0.6 is 11.3 Å². The Hall–Kier alpha value is -4.35. The van der Waals surface area contributed by atoms with E-state index in [2.05, 4.69) is 49.1 Å². The monoisotopic (exact) mass is 555 g/mol. The van der Waals surface area contributed by atoms with Gasteiger partial charge in [-0.2, -0.15) is 21.3 Å². The molecule has 10 nitrogen and oxygen atoms in total. The molecule has 2 aliphatic heterocycles. The van der Waals surface area contributed by atoms with Crippen LogP contribution in [0, 0.1) is 0 Å². The number of anilines is 2. The van der Waals surface area contributed by atoms with E-state index in [1.165, 1.54) is 5.56 Å². The molecule has 0 atom stereocenters. The predicted molar refractivity (Wildman–Crippen MR) is 155 cm³/mol. The van der Waals surface area contributed by atoms with Crippen LogP contribution in [0.2, 0.25) is 0 Å². The first-order chi connectivity index (χ1) is 19.7. The summed E-state index contributed by atoms with van der Waals surface area (Å²) >= 11 is 1.65. The van der Waals surface area contributed by atoms with E-state index in [9.17, 15) is 5.11 Å². The highest BCUT2D eigenvalue weighted by molar-refractivity contribution is 7.08. The van der Waals surface area contributed by atoms with Gasteiger partial charge in [-0.3, -0.25) is 9.47 Å². The van der Waals surface area contributed by atoms with Gasteiger partial charge in [0.1, 0.15) is 12.1 Å². The minimum Gasteiger partial charge on any atom is -0.508 e. The number of hydrogen-bond acceptors (Lipinski definition) is 10. The SMILES string of the molecule is Oc1ccc(CCNc2nc(N3CCN(Cc4ccc5c(c4)OCO5)CC3)nc3c2ncn3-c2ccsc2)cc1. The first-order valence-electron chi connectivity index (χ1n) is 13.3. The lowest BCUT2D eigenvalue weighted by atomic mass is 10.1. The van der Waals surface area contributed by atoms with Gasteiger partial charge in [0.15, 0.2) is 28.5 Å². The summed E-state index contributed by atoms with van der Waals surface area (Å²) in [5, 5.41) is 17.2. The lowest BCUT2D eigenvalue weighted by Crippen LogP contribution is -2.46. The van der Waals surface area contributed by atoms with Crippen molar-refractivity contribution in [2.75, 3.05) is 49.7 Å². The Morgan fingerprint density at radius 2 is 1.75 bits per heavy atom. The predicted octanol–water partition coefficient (Wildman–Crippen LogP) is 4.29. The minimum absolute atomic E-state index is 0.272. The molecule has 0 radical (unpaired) electrons. The van der Waals surface area contributed by atoms with E-state index in [4.69, 9.17) is 19.4 Å². The zero-order valence-corrected chi connectivity index (χ0v) is 22.7. The molecule has 0 amide bonds. The molecule has 5 aromatic rings. The molecule has 0 spiro atoms. The number of aromatic nitrogens is 4. The molecule has 2 N–H and O–H groups in total. The number of phenols is 1. The van der Waals surface area contributed by atoms with E-state index in [1.54, 1.807) is 23.5 Å². The summed E-state index contributed by atoms with van der Waals surface area (Å²) in [7, 11) is 0. The molecular formula is C29H29N7O3S. The number of hydrogen-bond donors (Lipinski definition) is 2. The smallest absolute Gasteiger partial charge is 0.231 e. The zero-order valence-electron chi connectivity index (χ0n) is 21.9. The number of thiophene rings is 1. The van der Waals surface area contributed by atoms with Crippen LogP contribution in [0.25, 0.3) is 16.9 Å². The number of nitrogens with zero attached hydrogens (tertiary/aromatic N) is 6. The van der Waals surface area contributed by atoms with Gasteiger partial charge in [-0.15, -0.1) is 0 Å². The van der Waals surface area contributed by atoms with Crippen molar-refractivity contribution in [1.82, 2.24) is 24.4 Å². The summed E-state index contributed by atoms with van der Waals surface area (Å²) < 4.78 is 13.0. The number of piperazine rings is 1. The van der Waals surface area contributed by atoms with Gasteiger partial charge in [-0.05, 0) is 53.3 Å². The van der Waals surface area contributed by atoms with Crippen LogP contribution in [0.15, 0.2) is 65.6 Å². The van der Waals surface area contributed by atoms with Crippen LogP contribution in [-0.4, -0.2) is 69.0 Å². The fraction of sp³-hybridized carbons (Fsp3) is 0.276. The van der Waals surface area contributed by atoms with Gasteiger partial charge in [0.2, 0.25) is 12.7 Å². The maximum absolute atomic E-state index is 9.58. The van der Waals surface area contributed by atoms with E-state index < -0.39 is 0 Å². The molecule has 40 heavy (non-hydrogen) atoms. The Balaban J connectivity index is 1.09. The van der Waals surface area contributed by atoms with E-state index in [0.29, 0.717) is 19.3 Å². The van der Waals surface area contributed by atoms with Gasteiger partial charge >= 0.3 is 0 Å². The lowest BCUT2D eigenvalue weighted by Gasteiger charge is -2.34. The maximum atomic E-state index is 9.58. The number of phenolic OH excluding ortho intramolecular Hbond substituents is 1. The molecule has 7 rings (SSSR count). The Morgan fingerprint density at radius 1 is 0.925 bits per heavy atom. The van der Waals surface area contributed by atoms with E-state index in [1.807, 2.05) is 29.1 Å². The van der Waals surface area contributed by atoms with E-state index >= 15 is 0 Å². The van der Waals surface area contributed by atoms with Crippen molar-refractivity contribution >= 4 is 34.3 Å². The van der Waals surface area contributed by atoms with Gasteiger partial charge in [-0.1, -0.05) is 18.2 Å². The van der Waals surface area contributed by atoms with Crippen molar-refractivity contribution in [1.29, 1.82) is 0 Å². The average molecular weight is 556 g/mol. The molecule has 3 aromatic heterocycles. The first-order valence-corrected chi connectivity index (χ1v) is 14.3. The highest BCUT2D eigenvalue weighted by atomic mass is 32.1. The molecule has 204 valence electrons. The highest BCUT2D eigenvalue weighted by Gasteiger charge is 2.23. The van der Waals surface area contributed by atoms with Crippen molar-refractivity contribution in [2.24, 2.45) is 0 Å². The Bertz CT molecular complexity index is 1610. The molecule has 1 saturated heterocycles. The van der Waals surface area contributed by atoms with Crippen molar-refractivity contribution in [3.63, 3.8) is 0 Å². The Kier molecular flexibility index (Phi) is 6.58. The molecule has 2 aromatic carbocycles. The molecule has 11 heteroatoms. The summed E-state index contributed by atoms with van der Waals surface area (Å²) in [4.78, 5) is 19.3. The second-order valence-electron chi connectivity index (χ2n) is 9.93. The third-order valence-electron chi connectivity index (χ3n) is 7.31. The number of imidazole rings is 1. The molecule has 0 unspecified atom stereocenters. The molecular weight excluding hydrogens is 526 g/mol. The second kappa shape index (κ2) is 10.7. The number of nitrogens with one attached hydrogen (secondary N) is 1. The molecule has 5 heterocycles. The molecule has 2 aliphatic rings. The molecule has 0 saturated carbocycles. The first kappa shape index (κ1) is 24.7. The summed E-state index contributed by atoms with van der Waals surface area (Å²) in [5.41, 5.74) is 4.94. The van der Waals surface area contributed by atoms with E-state index in [0.717, 1.165) is 78.9 Å². The minimum atomic E-state index is 0.272. The Labute approximate surface area is 235 Å². The van der Waals surface area contributed by atoms with Gasteiger partial charge in [-0.25, -0.2) is 4.98 Å². The molecule has 1 fully saturated rings. The van der Waals surface area contributed by atoms with Crippen LogP contribution in [-0.2, 0) is 13.0 Å². The van der Waals surface area contributed by atoms with Gasteiger partial charge in [0.05, 0.1) is 5.69 Å². The standard InChI is InChI=1S/C29H29N7O3S/c37-23-4-1-20(2-5-23)7-9-30-27-26-28(36(18-31-26)22-8-14-40-17-22)33-29(32-27)35-12-10-34(11-13-35)16-21-3-6-24-25(15-21)39-19-38-24/h1-6,8,14-15,17-18,37H,7,9-13,16,19H2,(H,30,32,33). The number of fused-ring (bicyclic) bond motifs is 2. The fourth-order valence-corrected chi connectivity index (χ4v) is 5.76. The molecule has 0 bridgehead atoms. The zero-order chi connectivity index (χ0) is 26.9. The van der Waals surface area contributed by atoms with Gasteiger partial charge in [0.25, 0.3) is 0 Å².